The van der Waals surface area contributed by atoms with E-state index < -0.39 is 27.1 Å². The molecule has 1 fully saturated rings. The summed E-state index contributed by atoms with van der Waals surface area (Å²) >= 11 is 1.58. The number of hydrogen-bond acceptors (Lipinski definition) is 9. The second-order valence-electron chi connectivity index (χ2n) is 6.79. The third-order valence-corrected chi connectivity index (χ3v) is 5.78. The molecule has 11 nitrogen and oxygen atoms in total. The molecule has 1 aliphatic rings. The van der Waals surface area contributed by atoms with Gasteiger partial charge in [-0.25, -0.2) is 0 Å². The average molecular weight is 440 g/mol. The van der Waals surface area contributed by atoms with E-state index in [4.69, 9.17) is 0 Å². The summed E-state index contributed by atoms with van der Waals surface area (Å²) in [4.78, 5) is 38.0. The first-order valence-electron chi connectivity index (χ1n) is 9.28. The van der Waals surface area contributed by atoms with Gasteiger partial charge in [0, 0.05) is 38.3 Å². The van der Waals surface area contributed by atoms with Crippen molar-refractivity contribution >= 4 is 34.4 Å². The minimum absolute atomic E-state index is 0.0746. The van der Waals surface area contributed by atoms with E-state index in [1.807, 2.05) is 34.5 Å². The van der Waals surface area contributed by atoms with E-state index in [0.717, 1.165) is 28.8 Å². The van der Waals surface area contributed by atoms with Crippen LogP contribution < -0.4 is 4.90 Å². The molecule has 1 aromatic carbocycles. The van der Waals surface area contributed by atoms with Crippen molar-refractivity contribution in [3.8, 4) is 10.6 Å². The van der Waals surface area contributed by atoms with Crippen LogP contribution in [0.2, 0.25) is 0 Å². The quantitative estimate of drug-likeness (QED) is 0.436. The summed E-state index contributed by atoms with van der Waals surface area (Å²) in [6.07, 6.45) is 0. The Morgan fingerprint density at radius 2 is 1.61 bits per heavy atom. The van der Waals surface area contributed by atoms with E-state index >= 15 is 0 Å². The Balaban J connectivity index is 1.44. The van der Waals surface area contributed by atoms with Crippen LogP contribution in [0, 0.1) is 20.2 Å². The van der Waals surface area contributed by atoms with Crippen molar-refractivity contribution in [1.29, 1.82) is 0 Å². The third-order valence-electron chi connectivity index (χ3n) is 4.89. The SMILES string of the molecule is O=C(c1cc([N+](=O)[O-])cc([N+](=O)[O-])c1)N1CCN(c2ccc(-c3cccs3)nn2)CC1. The summed E-state index contributed by atoms with van der Waals surface area (Å²) in [6.45, 7) is 1.69. The number of non-ortho nitro benzene ring substituents is 2. The molecule has 1 aliphatic heterocycles. The first-order valence-corrected chi connectivity index (χ1v) is 10.2. The summed E-state index contributed by atoms with van der Waals surface area (Å²) < 4.78 is 0. The van der Waals surface area contributed by atoms with Crippen LogP contribution in [0.1, 0.15) is 10.4 Å². The summed E-state index contributed by atoms with van der Waals surface area (Å²) in [5.74, 6) is 0.212. The first kappa shape index (κ1) is 20.3. The highest BCUT2D eigenvalue weighted by atomic mass is 32.1. The highest BCUT2D eigenvalue weighted by Crippen LogP contribution is 2.25. The Morgan fingerprint density at radius 3 is 2.13 bits per heavy atom. The number of rotatable bonds is 5. The second kappa shape index (κ2) is 8.44. The van der Waals surface area contributed by atoms with Gasteiger partial charge in [-0.3, -0.25) is 25.0 Å². The molecular weight excluding hydrogens is 424 g/mol. The molecular formula is C19H16N6O5S. The lowest BCUT2D eigenvalue weighted by molar-refractivity contribution is -0.394. The maximum absolute atomic E-state index is 12.8. The molecule has 0 N–H and O–H groups in total. The topological polar surface area (TPSA) is 136 Å². The predicted molar refractivity (Wildman–Crippen MR) is 113 cm³/mol. The maximum Gasteiger partial charge on any atom is 0.277 e. The molecule has 0 spiro atoms. The van der Waals surface area contributed by atoms with E-state index in [0.29, 0.717) is 32.0 Å². The minimum atomic E-state index is -0.750. The highest BCUT2D eigenvalue weighted by molar-refractivity contribution is 7.13. The lowest BCUT2D eigenvalue weighted by atomic mass is 10.1. The molecule has 4 rings (SSSR count). The summed E-state index contributed by atoms with van der Waals surface area (Å²) in [5, 5.41) is 32.6. The number of nitro benzene ring substituents is 2. The van der Waals surface area contributed by atoms with E-state index in [1.165, 1.54) is 4.90 Å². The van der Waals surface area contributed by atoms with Crippen molar-refractivity contribution in [2.24, 2.45) is 0 Å². The van der Waals surface area contributed by atoms with Crippen LogP contribution in [-0.2, 0) is 0 Å². The second-order valence-corrected chi connectivity index (χ2v) is 7.73. The fraction of sp³-hybridized carbons (Fsp3) is 0.211. The van der Waals surface area contributed by atoms with Gasteiger partial charge in [0.25, 0.3) is 17.3 Å². The van der Waals surface area contributed by atoms with E-state index in [-0.39, 0.29) is 5.56 Å². The third kappa shape index (κ3) is 4.33. The lowest BCUT2D eigenvalue weighted by Gasteiger charge is -2.35. The predicted octanol–water partition coefficient (Wildman–Crippen LogP) is 2.98. The molecule has 12 heteroatoms. The van der Waals surface area contributed by atoms with Crippen molar-refractivity contribution in [2.45, 2.75) is 0 Å². The normalized spacial score (nSPS) is 13.8. The van der Waals surface area contributed by atoms with E-state index in [9.17, 15) is 25.0 Å². The van der Waals surface area contributed by atoms with Crippen LogP contribution in [0.25, 0.3) is 10.6 Å². The van der Waals surface area contributed by atoms with Gasteiger partial charge in [0.2, 0.25) is 0 Å². The number of carbonyl (C=O) groups excluding carboxylic acids is 1. The van der Waals surface area contributed by atoms with Gasteiger partial charge in [-0.05, 0) is 23.6 Å². The molecule has 3 heterocycles. The molecule has 1 saturated heterocycles. The van der Waals surface area contributed by atoms with Crippen molar-refractivity contribution in [3.05, 3.63) is 73.6 Å². The zero-order valence-corrected chi connectivity index (χ0v) is 16.9. The highest BCUT2D eigenvalue weighted by Gasteiger charge is 2.26. The minimum Gasteiger partial charge on any atom is -0.352 e. The Morgan fingerprint density at radius 1 is 0.935 bits per heavy atom. The number of thiophene rings is 1. The summed E-state index contributed by atoms with van der Waals surface area (Å²) in [5.41, 5.74) is -0.260. The number of piperazine rings is 1. The number of nitro groups is 2. The molecule has 1 amide bonds. The van der Waals surface area contributed by atoms with Crippen LogP contribution in [0.5, 0.6) is 0 Å². The number of carbonyl (C=O) groups is 1. The monoisotopic (exact) mass is 440 g/mol. The number of nitrogens with zero attached hydrogens (tertiary/aromatic N) is 6. The smallest absolute Gasteiger partial charge is 0.277 e. The number of benzene rings is 1. The Bertz CT molecular complexity index is 1090. The van der Waals surface area contributed by atoms with Crippen LogP contribution in [0.4, 0.5) is 17.2 Å². The molecule has 0 unspecified atom stereocenters. The molecule has 3 aromatic rings. The van der Waals surface area contributed by atoms with Crippen molar-refractivity contribution in [3.63, 3.8) is 0 Å². The van der Waals surface area contributed by atoms with Gasteiger partial charge in [0.1, 0.15) is 5.69 Å². The van der Waals surface area contributed by atoms with Crippen molar-refractivity contribution in [1.82, 2.24) is 15.1 Å². The Labute approximate surface area is 179 Å². The lowest BCUT2D eigenvalue weighted by Crippen LogP contribution is -2.49. The molecule has 2 aromatic heterocycles. The van der Waals surface area contributed by atoms with Gasteiger partial charge in [0.05, 0.1) is 26.4 Å². The van der Waals surface area contributed by atoms with Gasteiger partial charge in [0.15, 0.2) is 5.82 Å². The van der Waals surface area contributed by atoms with E-state index in [2.05, 4.69) is 10.2 Å². The van der Waals surface area contributed by atoms with Crippen LogP contribution >= 0.6 is 11.3 Å². The fourth-order valence-corrected chi connectivity index (χ4v) is 3.99. The standard InChI is InChI=1S/C19H16N6O5S/c26-19(13-10-14(24(27)28)12-15(11-13)25(29)30)23-7-5-22(6-8-23)18-4-3-16(20-21-18)17-2-1-9-31-17/h1-4,9-12H,5-8H2. The molecule has 0 aliphatic carbocycles. The van der Waals surface area contributed by atoms with Crippen LogP contribution in [0.15, 0.2) is 47.8 Å². The Kier molecular flexibility index (Phi) is 5.54. The van der Waals surface area contributed by atoms with Crippen LogP contribution in [0.3, 0.4) is 0 Å². The fourth-order valence-electron chi connectivity index (χ4n) is 3.30. The largest absolute Gasteiger partial charge is 0.352 e. The maximum atomic E-state index is 12.8. The number of aromatic nitrogens is 2. The molecule has 0 radical (unpaired) electrons. The first-order chi connectivity index (χ1) is 14.9. The Hall–Kier alpha value is -3.93. The zero-order valence-electron chi connectivity index (χ0n) is 16.1. The van der Waals surface area contributed by atoms with Gasteiger partial charge < -0.3 is 9.80 Å². The van der Waals surface area contributed by atoms with Crippen LogP contribution in [-0.4, -0.2) is 57.0 Å². The molecule has 0 atom stereocenters. The molecule has 0 saturated carbocycles. The number of anilines is 1. The van der Waals surface area contributed by atoms with Gasteiger partial charge in [-0.2, -0.15) is 0 Å². The van der Waals surface area contributed by atoms with Gasteiger partial charge in [-0.1, -0.05) is 6.07 Å². The summed E-state index contributed by atoms with van der Waals surface area (Å²) in [7, 11) is 0. The zero-order chi connectivity index (χ0) is 22.0. The van der Waals surface area contributed by atoms with Crippen molar-refractivity contribution in [2.75, 3.05) is 31.1 Å². The number of amides is 1. The van der Waals surface area contributed by atoms with Crippen molar-refractivity contribution < 1.29 is 14.6 Å². The molecule has 158 valence electrons. The van der Waals surface area contributed by atoms with Gasteiger partial charge in [-0.15, -0.1) is 21.5 Å². The van der Waals surface area contributed by atoms with E-state index in [1.54, 1.807) is 11.3 Å². The molecule has 0 bridgehead atoms. The summed E-state index contributed by atoms with van der Waals surface area (Å²) in [6, 6.07) is 10.7. The van der Waals surface area contributed by atoms with Gasteiger partial charge >= 0.3 is 0 Å². The molecule has 31 heavy (non-hydrogen) atoms. The average Bonchev–Trinajstić information content (AvgIpc) is 3.33. The number of hydrogen-bond donors (Lipinski definition) is 0.